The summed E-state index contributed by atoms with van der Waals surface area (Å²) in [6, 6.07) is 6.33. The monoisotopic (exact) mass is 474 g/mol. The molecule has 24 heavy (non-hydrogen) atoms. The molecule has 130 valence electrons. The third-order valence-electron chi connectivity index (χ3n) is 2.74. The molecule has 2 N–H and O–H groups in total. The van der Waals surface area contributed by atoms with E-state index in [0.717, 1.165) is 4.47 Å². The van der Waals surface area contributed by atoms with Gasteiger partial charge in [0, 0.05) is 22.1 Å². The molecule has 2 aromatic rings. The Morgan fingerprint density at radius 1 is 0.833 bits per heavy atom. The average Bonchev–Trinajstić information content (AvgIpc) is 2.54. The molecule has 0 atom stereocenters. The maximum Gasteiger partial charge on any atom is 0.490 e. The van der Waals surface area contributed by atoms with E-state index in [9.17, 15) is 0 Å². The van der Waals surface area contributed by atoms with Crippen LogP contribution in [0.5, 0.6) is 11.5 Å². The number of methoxy groups -OCH3 is 2. The molecule has 0 unspecified atom stereocenters. The highest BCUT2D eigenvalue weighted by Crippen LogP contribution is 2.34. The van der Waals surface area contributed by atoms with Crippen molar-refractivity contribution >= 4 is 74.9 Å². The number of hydrogen-bond acceptors (Lipinski definition) is 4. The minimum Gasteiger partial charge on any atom is -0.497 e. The van der Waals surface area contributed by atoms with Crippen LogP contribution in [0.4, 0.5) is 0 Å². The third-order valence-corrected chi connectivity index (χ3v) is 5.21. The Balaban J connectivity index is 0.000000243. The van der Waals surface area contributed by atoms with Gasteiger partial charge in [-0.3, -0.25) is 0 Å². The first-order valence-electron chi connectivity index (χ1n) is 6.28. The molecule has 2 rings (SSSR count). The lowest BCUT2D eigenvalue weighted by Crippen LogP contribution is -2.31. The highest BCUT2D eigenvalue weighted by molar-refractivity contribution is 9.10. The first-order valence-corrected chi connectivity index (χ1v) is 8.59. The molecule has 0 radical (unpaired) electrons. The van der Waals surface area contributed by atoms with E-state index in [1.54, 1.807) is 19.2 Å². The van der Waals surface area contributed by atoms with Gasteiger partial charge in [-0.05, 0) is 28.1 Å². The fourth-order valence-corrected chi connectivity index (χ4v) is 2.84. The lowest BCUT2D eigenvalue weighted by Gasteiger charge is -2.07. The van der Waals surface area contributed by atoms with Crippen molar-refractivity contribution in [1.82, 2.24) is 0 Å². The Kier molecular flexibility index (Phi) is 9.02. The van der Waals surface area contributed by atoms with Gasteiger partial charge in [-0.1, -0.05) is 46.4 Å². The van der Waals surface area contributed by atoms with Gasteiger partial charge in [-0.25, -0.2) is 0 Å². The lowest BCUT2D eigenvalue weighted by atomic mass is 9.80. The number of hydrogen-bond donors (Lipinski definition) is 2. The predicted octanol–water partition coefficient (Wildman–Crippen LogP) is 4.45. The van der Waals surface area contributed by atoms with E-state index in [2.05, 4.69) is 15.9 Å². The summed E-state index contributed by atoms with van der Waals surface area (Å²) in [6.07, 6.45) is 0. The number of benzene rings is 2. The Labute approximate surface area is 168 Å². The highest BCUT2D eigenvalue weighted by Gasteiger charge is 2.18. The van der Waals surface area contributed by atoms with Crippen molar-refractivity contribution in [2.75, 3.05) is 14.2 Å². The molecular weight excluding hydrogens is 465 g/mol. The molecule has 0 aliphatic heterocycles. The molecule has 0 bridgehead atoms. The van der Waals surface area contributed by atoms with E-state index in [1.165, 1.54) is 19.2 Å². The summed E-state index contributed by atoms with van der Waals surface area (Å²) in [7, 11) is 1.37. The summed E-state index contributed by atoms with van der Waals surface area (Å²) >= 11 is 26.2. The molecule has 0 amide bonds. The summed E-state index contributed by atoms with van der Waals surface area (Å²) < 4.78 is 10.6. The summed E-state index contributed by atoms with van der Waals surface area (Å²) in [5.41, 5.74) is 0.131. The zero-order valence-corrected chi connectivity index (χ0v) is 17.1. The van der Waals surface area contributed by atoms with Gasteiger partial charge in [0.15, 0.2) is 0 Å². The fraction of sp³-hybridized carbons (Fsp3) is 0.143. The second-order valence-electron chi connectivity index (χ2n) is 4.29. The molecule has 0 aliphatic rings. The first-order chi connectivity index (χ1) is 11.2. The normalized spacial score (nSPS) is 9.88. The Bertz CT molecular complexity index is 692. The van der Waals surface area contributed by atoms with Crippen LogP contribution in [0.2, 0.25) is 20.1 Å². The smallest absolute Gasteiger partial charge is 0.490 e. The largest absolute Gasteiger partial charge is 0.497 e. The molecule has 10 heteroatoms. The molecule has 2 aromatic carbocycles. The van der Waals surface area contributed by atoms with Crippen LogP contribution in [0.1, 0.15) is 0 Å². The molecule has 0 saturated carbocycles. The van der Waals surface area contributed by atoms with Crippen molar-refractivity contribution < 1.29 is 19.5 Å². The van der Waals surface area contributed by atoms with Crippen molar-refractivity contribution in [2.24, 2.45) is 0 Å². The van der Waals surface area contributed by atoms with Gasteiger partial charge in [0.1, 0.15) is 11.5 Å². The van der Waals surface area contributed by atoms with Gasteiger partial charge in [0.25, 0.3) is 0 Å². The SMILES string of the molecule is COc1cc(Cl)c(Cl)c(B(O)O)c1.COc1cc(Cl)c(Cl)c(Br)c1. The molecule has 0 heterocycles. The van der Waals surface area contributed by atoms with Gasteiger partial charge in [-0.2, -0.15) is 0 Å². The number of halogens is 5. The van der Waals surface area contributed by atoms with Crippen molar-refractivity contribution in [3.63, 3.8) is 0 Å². The first kappa shape index (κ1) is 21.7. The van der Waals surface area contributed by atoms with Crippen LogP contribution in [0.25, 0.3) is 0 Å². The third kappa shape index (κ3) is 5.88. The minimum absolute atomic E-state index is 0.123. The maximum atomic E-state index is 8.91. The van der Waals surface area contributed by atoms with E-state index in [4.69, 9.17) is 65.9 Å². The summed E-state index contributed by atoms with van der Waals surface area (Å²) in [6.45, 7) is 0. The molecule has 0 aliphatic carbocycles. The zero-order valence-electron chi connectivity index (χ0n) is 12.5. The molecule has 0 saturated heterocycles. The highest BCUT2D eigenvalue weighted by atomic mass is 79.9. The van der Waals surface area contributed by atoms with Gasteiger partial charge >= 0.3 is 7.12 Å². The van der Waals surface area contributed by atoms with E-state index < -0.39 is 7.12 Å². The van der Waals surface area contributed by atoms with Gasteiger partial charge in [0.2, 0.25) is 0 Å². The summed E-state index contributed by atoms with van der Waals surface area (Å²) in [4.78, 5) is 0. The number of rotatable bonds is 3. The van der Waals surface area contributed by atoms with E-state index in [0.29, 0.717) is 21.5 Å². The minimum atomic E-state index is -1.65. The predicted molar refractivity (Wildman–Crippen MR) is 104 cm³/mol. The summed E-state index contributed by atoms with van der Waals surface area (Å²) in [5, 5.41) is 19.2. The molecule has 0 fully saturated rings. The van der Waals surface area contributed by atoms with Crippen molar-refractivity contribution in [1.29, 1.82) is 0 Å². The van der Waals surface area contributed by atoms with E-state index in [1.807, 2.05) is 0 Å². The van der Waals surface area contributed by atoms with Crippen molar-refractivity contribution in [2.45, 2.75) is 0 Å². The van der Waals surface area contributed by atoms with Crippen LogP contribution in [0, 0.1) is 0 Å². The van der Waals surface area contributed by atoms with Crippen LogP contribution in [-0.2, 0) is 0 Å². The van der Waals surface area contributed by atoms with E-state index in [-0.39, 0.29) is 15.5 Å². The molecular formula is C14H12BBrCl4O4. The van der Waals surface area contributed by atoms with Crippen LogP contribution in [0.3, 0.4) is 0 Å². The van der Waals surface area contributed by atoms with Gasteiger partial charge in [-0.15, -0.1) is 0 Å². The second-order valence-corrected chi connectivity index (χ2v) is 6.72. The van der Waals surface area contributed by atoms with Crippen molar-refractivity contribution in [3.8, 4) is 11.5 Å². The topological polar surface area (TPSA) is 58.9 Å². The quantitative estimate of drug-likeness (QED) is 0.508. The van der Waals surface area contributed by atoms with Crippen LogP contribution in [-0.4, -0.2) is 31.4 Å². The molecule has 0 aromatic heterocycles. The van der Waals surface area contributed by atoms with Crippen LogP contribution < -0.4 is 14.9 Å². The molecule has 4 nitrogen and oxygen atoms in total. The Morgan fingerprint density at radius 3 is 1.71 bits per heavy atom. The number of ether oxygens (including phenoxy) is 2. The standard InChI is InChI=1S/C7H7BCl2O3.C7H5BrCl2O/c1-13-4-2-5(8(11)12)7(10)6(9)3-4;1-11-4-2-5(8)7(10)6(9)3-4/h2-3,11-12H,1H3;2-3H,1H3. The lowest BCUT2D eigenvalue weighted by molar-refractivity contribution is 0.412. The van der Waals surface area contributed by atoms with Crippen molar-refractivity contribution in [3.05, 3.63) is 48.8 Å². The summed E-state index contributed by atoms with van der Waals surface area (Å²) in [5.74, 6) is 1.11. The van der Waals surface area contributed by atoms with Crippen LogP contribution >= 0.6 is 62.3 Å². The average molecular weight is 477 g/mol. The molecule has 0 spiro atoms. The second kappa shape index (κ2) is 9.97. The maximum absolute atomic E-state index is 8.91. The van der Waals surface area contributed by atoms with Gasteiger partial charge in [0.05, 0.1) is 34.3 Å². The van der Waals surface area contributed by atoms with E-state index >= 15 is 0 Å². The Hall–Kier alpha value is -0.335. The van der Waals surface area contributed by atoms with Crippen LogP contribution in [0.15, 0.2) is 28.7 Å². The zero-order chi connectivity index (χ0) is 18.4. The fourth-order valence-electron chi connectivity index (χ4n) is 1.54. The van der Waals surface area contributed by atoms with Gasteiger partial charge < -0.3 is 19.5 Å². The Morgan fingerprint density at radius 2 is 1.29 bits per heavy atom.